The van der Waals surface area contributed by atoms with Crippen molar-refractivity contribution in [1.29, 1.82) is 0 Å². The first-order valence-corrected chi connectivity index (χ1v) is 5.55. The number of benzene rings is 1. The van der Waals surface area contributed by atoms with Crippen LogP contribution in [0.25, 0.3) is 0 Å². The molecule has 0 radical (unpaired) electrons. The van der Waals surface area contributed by atoms with Crippen molar-refractivity contribution in [1.82, 2.24) is 0 Å². The van der Waals surface area contributed by atoms with Gasteiger partial charge in [0.2, 0.25) is 5.91 Å². The Hall–Kier alpha value is -1.46. The quantitative estimate of drug-likeness (QED) is 0.628. The first-order valence-electron chi connectivity index (χ1n) is 5.17. The van der Waals surface area contributed by atoms with Crippen molar-refractivity contribution in [3.05, 3.63) is 29.3 Å². The smallest absolute Gasteiger partial charge is 0.224 e. The Morgan fingerprint density at radius 1 is 1.38 bits per heavy atom. The lowest BCUT2D eigenvalue weighted by Gasteiger charge is -2.03. The van der Waals surface area contributed by atoms with Crippen LogP contribution >= 0.6 is 11.6 Å². The molecule has 0 aromatic heterocycles. The Morgan fingerprint density at radius 2 is 2.06 bits per heavy atom. The van der Waals surface area contributed by atoms with Gasteiger partial charge in [-0.25, -0.2) is 0 Å². The summed E-state index contributed by atoms with van der Waals surface area (Å²) in [6.45, 7) is 1.80. The average molecular weight is 236 g/mol. The van der Waals surface area contributed by atoms with Crippen LogP contribution in [0.2, 0.25) is 5.02 Å². The van der Waals surface area contributed by atoms with Gasteiger partial charge in [-0.1, -0.05) is 11.6 Å². The summed E-state index contributed by atoms with van der Waals surface area (Å²) in [7, 11) is 0. The number of anilines is 1. The molecule has 0 fully saturated rings. The standard InChI is InChI=1S/C13H14ClNO/c1-2-3-4-5-6-13(16)15-12-9-7-11(14)8-10-12/h7-10H,4-6H2,1H3,(H,15,16). The molecule has 0 aliphatic rings. The summed E-state index contributed by atoms with van der Waals surface area (Å²) >= 11 is 5.74. The van der Waals surface area contributed by atoms with Crippen molar-refractivity contribution < 1.29 is 4.79 Å². The molecule has 0 heterocycles. The van der Waals surface area contributed by atoms with Crippen molar-refractivity contribution in [3.63, 3.8) is 0 Å². The molecule has 0 aliphatic heterocycles. The lowest BCUT2D eigenvalue weighted by molar-refractivity contribution is -0.116. The molecule has 16 heavy (non-hydrogen) atoms. The molecule has 1 N–H and O–H groups in total. The van der Waals surface area contributed by atoms with Gasteiger partial charge in [0.05, 0.1) is 0 Å². The fraction of sp³-hybridized carbons (Fsp3) is 0.308. The highest BCUT2D eigenvalue weighted by atomic mass is 35.5. The van der Waals surface area contributed by atoms with E-state index in [0.29, 0.717) is 11.4 Å². The summed E-state index contributed by atoms with van der Waals surface area (Å²) in [5.74, 6) is 5.74. The highest BCUT2D eigenvalue weighted by Crippen LogP contribution is 2.13. The first kappa shape index (κ1) is 12.6. The molecule has 0 aliphatic carbocycles. The Labute approximate surface area is 101 Å². The van der Waals surface area contributed by atoms with E-state index >= 15 is 0 Å². The Bertz CT molecular complexity index is 400. The highest BCUT2D eigenvalue weighted by molar-refractivity contribution is 6.30. The van der Waals surface area contributed by atoms with E-state index in [-0.39, 0.29) is 5.91 Å². The van der Waals surface area contributed by atoms with Crippen LogP contribution in [0, 0.1) is 11.8 Å². The molecule has 0 bridgehead atoms. The number of unbranched alkanes of at least 4 members (excludes halogenated alkanes) is 1. The van der Waals surface area contributed by atoms with E-state index in [9.17, 15) is 4.79 Å². The Balaban J connectivity index is 2.33. The van der Waals surface area contributed by atoms with Gasteiger partial charge in [-0.15, -0.1) is 11.8 Å². The second-order valence-corrected chi connectivity index (χ2v) is 3.77. The molecule has 0 saturated heterocycles. The maximum absolute atomic E-state index is 11.5. The van der Waals surface area contributed by atoms with Gasteiger partial charge in [0.25, 0.3) is 0 Å². The SMILES string of the molecule is CC#CCCCC(=O)Nc1ccc(Cl)cc1. The van der Waals surface area contributed by atoms with Crippen LogP contribution in [0.15, 0.2) is 24.3 Å². The van der Waals surface area contributed by atoms with E-state index in [4.69, 9.17) is 11.6 Å². The summed E-state index contributed by atoms with van der Waals surface area (Å²) in [5, 5.41) is 3.46. The van der Waals surface area contributed by atoms with Crippen molar-refractivity contribution in [2.45, 2.75) is 26.2 Å². The lowest BCUT2D eigenvalue weighted by atomic mass is 10.2. The van der Waals surface area contributed by atoms with Gasteiger partial charge >= 0.3 is 0 Å². The maximum atomic E-state index is 11.5. The summed E-state index contributed by atoms with van der Waals surface area (Å²) in [4.78, 5) is 11.5. The zero-order valence-corrected chi connectivity index (χ0v) is 9.97. The number of carbonyl (C=O) groups is 1. The molecule has 0 spiro atoms. The zero-order valence-electron chi connectivity index (χ0n) is 9.22. The molecule has 0 unspecified atom stereocenters. The van der Waals surface area contributed by atoms with Crippen LogP contribution in [0.4, 0.5) is 5.69 Å². The molecule has 2 nitrogen and oxygen atoms in total. The molecule has 3 heteroatoms. The average Bonchev–Trinajstić information content (AvgIpc) is 2.28. The molecule has 0 atom stereocenters. The van der Waals surface area contributed by atoms with Gasteiger partial charge in [-0.05, 0) is 37.6 Å². The van der Waals surface area contributed by atoms with Crippen molar-refractivity contribution in [2.24, 2.45) is 0 Å². The summed E-state index contributed by atoms with van der Waals surface area (Å²) in [6, 6.07) is 7.07. The van der Waals surface area contributed by atoms with Crippen LogP contribution < -0.4 is 5.32 Å². The van der Waals surface area contributed by atoms with E-state index in [1.807, 2.05) is 0 Å². The van der Waals surface area contributed by atoms with E-state index < -0.39 is 0 Å². The number of halogens is 1. The van der Waals surface area contributed by atoms with Gasteiger partial charge in [0.15, 0.2) is 0 Å². The van der Waals surface area contributed by atoms with Crippen LogP contribution in [0.1, 0.15) is 26.2 Å². The normalized spacial score (nSPS) is 9.12. The zero-order chi connectivity index (χ0) is 11.8. The van der Waals surface area contributed by atoms with Gasteiger partial charge < -0.3 is 5.32 Å². The summed E-state index contributed by atoms with van der Waals surface area (Å²) < 4.78 is 0. The predicted molar refractivity (Wildman–Crippen MR) is 67.4 cm³/mol. The Morgan fingerprint density at radius 3 is 2.69 bits per heavy atom. The van der Waals surface area contributed by atoms with Crippen molar-refractivity contribution in [2.75, 3.05) is 5.32 Å². The van der Waals surface area contributed by atoms with Crippen LogP contribution in [0.5, 0.6) is 0 Å². The summed E-state index contributed by atoms with van der Waals surface area (Å²) in [5.41, 5.74) is 0.774. The minimum atomic E-state index is 0.0141. The third-order valence-corrected chi connectivity index (χ3v) is 2.26. The second kappa shape index (κ2) is 6.92. The molecule has 0 saturated carbocycles. The molecule has 84 valence electrons. The van der Waals surface area contributed by atoms with E-state index in [2.05, 4.69) is 17.2 Å². The van der Waals surface area contributed by atoms with Gasteiger partial charge in [0.1, 0.15) is 0 Å². The largest absolute Gasteiger partial charge is 0.326 e. The fourth-order valence-electron chi connectivity index (χ4n) is 1.22. The van der Waals surface area contributed by atoms with Crippen LogP contribution in [0.3, 0.4) is 0 Å². The predicted octanol–water partition coefficient (Wildman–Crippen LogP) is 3.47. The van der Waals surface area contributed by atoms with E-state index in [1.54, 1.807) is 31.2 Å². The third kappa shape index (κ3) is 4.86. The number of hydrogen-bond acceptors (Lipinski definition) is 1. The van der Waals surface area contributed by atoms with Gasteiger partial charge in [-0.3, -0.25) is 4.79 Å². The lowest BCUT2D eigenvalue weighted by Crippen LogP contribution is -2.10. The molecule has 1 aromatic carbocycles. The topological polar surface area (TPSA) is 29.1 Å². The van der Waals surface area contributed by atoms with Crippen molar-refractivity contribution >= 4 is 23.2 Å². The summed E-state index contributed by atoms with van der Waals surface area (Å²) in [6.07, 6.45) is 2.06. The second-order valence-electron chi connectivity index (χ2n) is 3.34. The van der Waals surface area contributed by atoms with Crippen LogP contribution in [-0.2, 0) is 4.79 Å². The molecule has 1 amide bonds. The molecular weight excluding hydrogens is 222 g/mol. The monoisotopic (exact) mass is 235 g/mol. The van der Waals surface area contributed by atoms with Gasteiger partial charge in [-0.2, -0.15) is 0 Å². The van der Waals surface area contributed by atoms with Crippen LogP contribution in [-0.4, -0.2) is 5.91 Å². The van der Waals surface area contributed by atoms with Gasteiger partial charge in [0, 0.05) is 23.6 Å². The first-order chi connectivity index (χ1) is 7.72. The number of amides is 1. The van der Waals surface area contributed by atoms with E-state index in [0.717, 1.165) is 18.5 Å². The van der Waals surface area contributed by atoms with Crippen molar-refractivity contribution in [3.8, 4) is 11.8 Å². The van der Waals surface area contributed by atoms with E-state index in [1.165, 1.54) is 0 Å². The maximum Gasteiger partial charge on any atom is 0.224 e. The number of nitrogens with one attached hydrogen (secondary N) is 1. The minimum Gasteiger partial charge on any atom is -0.326 e. The molecular formula is C13H14ClNO. The molecule has 1 aromatic rings. The Kier molecular flexibility index (Phi) is 5.45. The highest BCUT2D eigenvalue weighted by Gasteiger charge is 2.01. The minimum absolute atomic E-state index is 0.0141. The fourth-order valence-corrected chi connectivity index (χ4v) is 1.35. The number of rotatable bonds is 4. The molecule has 1 rings (SSSR count). The number of hydrogen-bond donors (Lipinski definition) is 1. The third-order valence-electron chi connectivity index (χ3n) is 2.01. The number of carbonyl (C=O) groups excluding carboxylic acids is 1.